The first kappa shape index (κ1) is 13.8. The maximum absolute atomic E-state index is 12.3. The van der Waals surface area contributed by atoms with E-state index in [1.54, 1.807) is 4.31 Å². The summed E-state index contributed by atoms with van der Waals surface area (Å²) in [5.41, 5.74) is 0. The van der Waals surface area contributed by atoms with E-state index in [1.165, 1.54) is 4.31 Å². The van der Waals surface area contributed by atoms with Gasteiger partial charge < -0.3 is 5.11 Å². The van der Waals surface area contributed by atoms with Gasteiger partial charge in [0.1, 0.15) is 0 Å². The number of hydrogen-bond acceptors (Lipinski definition) is 3. The second-order valence-electron chi connectivity index (χ2n) is 5.05. The van der Waals surface area contributed by atoms with Gasteiger partial charge in [0.15, 0.2) is 0 Å². The third-order valence-electron chi connectivity index (χ3n) is 3.75. The minimum absolute atomic E-state index is 0.118. The normalized spacial score (nSPS) is 24.4. The fourth-order valence-electron chi connectivity index (χ4n) is 2.67. The Morgan fingerprint density at radius 3 is 2.06 bits per heavy atom. The molecular weight excluding hydrogens is 256 g/mol. The molecule has 7 heteroatoms. The second-order valence-corrected chi connectivity index (χ2v) is 6.98. The Balaban J connectivity index is 1.90. The third-order valence-corrected chi connectivity index (χ3v) is 5.79. The van der Waals surface area contributed by atoms with Crippen molar-refractivity contribution in [2.45, 2.75) is 32.1 Å². The predicted octanol–water partition coefficient (Wildman–Crippen LogP) is 0.514. The number of carbonyl (C=O) groups is 1. The van der Waals surface area contributed by atoms with Crippen LogP contribution in [-0.4, -0.2) is 54.3 Å². The van der Waals surface area contributed by atoms with Gasteiger partial charge in [0.2, 0.25) is 0 Å². The third kappa shape index (κ3) is 3.02. The van der Waals surface area contributed by atoms with Gasteiger partial charge in [-0.1, -0.05) is 0 Å². The molecule has 2 aliphatic rings. The van der Waals surface area contributed by atoms with Crippen LogP contribution in [0.25, 0.3) is 0 Å². The van der Waals surface area contributed by atoms with Crippen LogP contribution in [-0.2, 0) is 15.0 Å². The van der Waals surface area contributed by atoms with Crippen molar-refractivity contribution in [3.05, 3.63) is 0 Å². The van der Waals surface area contributed by atoms with Gasteiger partial charge in [0, 0.05) is 32.6 Å². The summed E-state index contributed by atoms with van der Waals surface area (Å²) in [5.74, 6) is -0.677. The summed E-state index contributed by atoms with van der Waals surface area (Å²) in [6, 6.07) is 0. The standard InChI is InChI=1S/C11H20N2O4S/c14-11(15)9-10-3-7-13(8-4-10)18(16,17)12-5-1-2-6-12/h10H,1-9H2,(H,14,15). The van der Waals surface area contributed by atoms with Gasteiger partial charge in [-0.05, 0) is 31.6 Å². The molecule has 0 aromatic heterocycles. The maximum atomic E-state index is 12.3. The molecule has 0 spiro atoms. The first-order chi connectivity index (χ1) is 8.50. The number of rotatable bonds is 4. The summed E-state index contributed by atoms with van der Waals surface area (Å²) in [5, 5.41) is 8.72. The number of hydrogen-bond donors (Lipinski definition) is 1. The van der Waals surface area contributed by atoms with Crippen molar-refractivity contribution in [1.82, 2.24) is 8.61 Å². The van der Waals surface area contributed by atoms with Gasteiger partial charge in [-0.15, -0.1) is 0 Å². The predicted molar refractivity (Wildman–Crippen MR) is 66.3 cm³/mol. The molecule has 0 aromatic carbocycles. The molecule has 0 aliphatic carbocycles. The van der Waals surface area contributed by atoms with Crippen molar-refractivity contribution in [2.75, 3.05) is 26.2 Å². The molecule has 2 aliphatic heterocycles. The molecule has 6 nitrogen and oxygen atoms in total. The Kier molecular flexibility index (Phi) is 4.24. The summed E-state index contributed by atoms with van der Waals surface area (Å²) in [6.07, 6.45) is 3.33. The molecule has 2 rings (SSSR count). The van der Waals surface area contributed by atoms with Gasteiger partial charge in [0.05, 0.1) is 0 Å². The summed E-state index contributed by atoms with van der Waals surface area (Å²) in [6.45, 7) is 2.16. The quantitative estimate of drug-likeness (QED) is 0.811. The average Bonchev–Trinajstić information content (AvgIpc) is 2.83. The highest BCUT2D eigenvalue weighted by atomic mass is 32.2. The van der Waals surface area contributed by atoms with Gasteiger partial charge >= 0.3 is 5.97 Å². The van der Waals surface area contributed by atoms with E-state index >= 15 is 0 Å². The monoisotopic (exact) mass is 276 g/mol. The minimum Gasteiger partial charge on any atom is -0.481 e. The fourth-order valence-corrected chi connectivity index (χ4v) is 4.39. The van der Waals surface area contributed by atoms with E-state index in [1.807, 2.05) is 0 Å². The number of aliphatic carboxylic acids is 1. The van der Waals surface area contributed by atoms with Crippen LogP contribution in [0.3, 0.4) is 0 Å². The van der Waals surface area contributed by atoms with E-state index in [0.29, 0.717) is 39.0 Å². The smallest absolute Gasteiger partial charge is 0.303 e. The van der Waals surface area contributed by atoms with Crippen LogP contribution in [0.5, 0.6) is 0 Å². The molecule has 0 unspecified atom stereocenters. The summed E-state index contributed by atoms with van der Waals surface area (Å²) in [4.78, 5) is 10.6. The molecular formula is C11H20N2O4S. The molecule has 104 valence electrons. The zero-order valence-electron chi connectivity index (χ0n) is 10.4. The largest absolute Gasteiger partial charge is 0.481 e. The van der Waals surface area contributed by atoms with Gasteiger partial charge in [0.25, 0.3) is 10.2 Å². The number of carboxylic acid groups (broad SMARTS) is 1. The van der Waals surface area contributed by atoms with Crippen LogP contribution in [0, 0.1) is 5.92 Å². The molecule has 0 saturated carbocycles. The molecule has 2 saturated heterocycles. The molecule has 0 bridgehead atoms. The lowest BCUT2D eigenvalue weighted by atomic mass is 9.95. The molecule has 0 amide bonds. The first-order valence-electron chi connectivity index (χ1n) is 6.47. The van der Waals surface area contributed by atoms with Gasteiger partial charge in [-0.3, -0.25) is 4.79 Å². The molecule has 0 radical (unpaired) electrons. The van der Waals surface area contributed by atoms with Gasteiger partial charge in [-0.2, -0.15) is 17.0 Å². The van der Waals surface area contributed by atoms with E-state index in [2.05, 4.69) is 0 Å². The van der Waals surface area contributed by atoms with E-state index in [0.717, 1.165) is 12.8 Å². The summed E-state index contributed by atoms with van der Waals surface area (Å²) < 4.78 is 27.6. The molecule has 0 aromatic rings. The van der Waals surface area contributed by atoms with Crippen molar-refractivity contribution < 1.29 is 18.3 Å². The fraction of sp³-hybridized carbons (Fsp3) is 0.909. The van der Waals surface area contributed by atoms with Crippen LogP contribution in [0.15, 0.2) is 0 Å². The Hall–Kier alpha value is -0.660. The average molecular weight is 276 g/mol. The Morgan fingerprint density at radius 1 is 1.06 bits per heavy atom. The lowest BCUT2D eigenvalue weighted by molar-refractivity contribution is -0.138. The van der Waals surface area contributed by atoms with E-state index in [-0.39, 0.29) is 12.3 Å². The van der Waals surface area contributed by atoms with Crippen LogP contribution in [0.1, 0.15) is 32.1 Å². The summed E-state index contributed by atoms with van der Waals surface area (Å²) >= 11 is 0. The Labute approximate surface area is 108 Å². The van der Waals surface area contributed by atoms with Crippen LogP contribution in [0.2, 0.25) is 0 Å². The minimum atomic E-state index is -3.29. The van der Waals surface area contributed by atoms with Crippen LogP contribution < -0.4 is 0 Å². The molecule has 18 heavy (non-hydrogen) atoms. The maximum Gasteiger partial charge on any atom is 0.303 e. The highest BCUT2D eigenvalue weighted by Crippen LogP contribution is 2.25. The molecule has 0 atom stereocenters. The van der Waals surface area contributed by atoms with Crippen molar-refractivity contribution in [3.63, 3.8) is 0 Å². The van der Waals surface area contributed by atoms with Crippen molar-refractivity contribution in [3.8, 4) is 0 Å². The SMILES string of the molecule is O=C(O)CC1CCN(S(=O)(=O)N2CCCC2)CC1. The first-order valence-corrected chi connectivity index (χ1v) is 7.87. The Morgan fingerprint density at radius 2 is 1.56 bits per heavy atom. The van der Waals surface area contributed by atoms with E-state index in [4.69, 9.17) is 5.11 Å². The molecule has 1 N–H and O–H groups in total. The molecule has 2 heterocycles. The van der Waals surface area contributed by atoms with Crippen LogP contribution >= 0.6 is 0 Å². The number of piperidine rings is 1. The van der Waals surface area contributed by atoms with Crippen molar-refractivity contribution in [2.24, 2.45) is 5.92 Å². The van der Waals surface area contributed by atoms with Crippen molar-refractivity contribution in [1.29, 1.82) is 0 Å². The topological polar surface area (TPSA) is 77.9 Å². The lowest BCUT2D eigenvalue weighted by Gasteiger charge is -2.33. The van der Waals surface area contributed by atoms with Gasteiger partial charge in [-0.25, -0.2) is 0 Å². The molecule has 2 fully saturated rings. The summed E-state index contributed by atoms with van der Waals surface area (Å²) in [7, 11) is -3.29. The number of carboxylic acids is 1. The highest BCUT2D eigenvalue weighted by molar-refractivity contribution is 7.86. The zero-order valence-corrected chi connectivity index (χ0v) is 11.2. The number of nitrogens with zero attached hydrogens (tertiary/aromatic N) is 2. The highest BCUT2D eigenvalue weighted by Gasteiger charge is 2.34. The second kappa shape index (κ2) is 5.54. The van der Waals surface area contributed by atoms with E-state index < -0.39 is 16.2 Å². The lowest BCUT2D eigenvalue weighted by Crippen LogP contribution is -2.46. The van der Waals surface area contributed by atoms with E-state index in [9.17, 15) is 13.2 Å². The van der Waals surface area contributed by atoms with Crippen LogP contribution in [0.4, 0.5) is 0 Å². The Bertz CT molecular complexity index is 395. The zero-order chi connectivity index (χ0) is 13.2. The van der Waals surface area contributed by atoms with Crippen molar-refractivity contribution >= 4 is 16.2 Å².